The topological polar surface area (TPSA) is 38.2 Å². The lowest BCUT2D eigenvalue weighted by Crippen LogP contribution is -2.19. The van der Waals surface area contributed by atoms with Crippen LogP contribution in [0.1, 0.15) is 25.2 Å². The minimum Gasteiger partial charge on any atom is -0.374 e. The van der Waals surface area contributed by atoms with E-state index in [9.17, 15) is 0 Å². The molecule has 112 valence electrons. The van der Waals surface area contributed by atoms with E-state index in [2.05, 4.69) is 40.8 Å². The minimum atomic E-state index is 0.370. The normalized spacial score (nSPS) is 10.7. The van der Waals surface area contributed by atoms with Gasteiger partial charge >= 0.3 is 0 Å². The van der Waals surface area contributed by atoms with Crippen molar-refractivity contribution in [2.75, 3.05) is 18.1 Å². The number of nitrogens with zero attached hydrogens (tertiary/aromatic N) is 3. The van der Waals surface area contributed by atoms with Crippen molar-refractivity contribution < 1.29 is 4.74 Å². The predicted molar refractivity (Wildman–Crippen MR) is 86.2 cm³/mol. The van der Waals surface area contributed by atoms with Gasteiger partial charge in [-0.1, -0.05) is 29.8 Å². The summed E-state index contributed by atoms with van der Waals surface area (Å²) in [6.45, 7) is 7.91. The van der Waals surface area contributed by atoms with E-state index >= 15 is 0 Å². The first-order valence-corrected chi connectivity index (χ1v) is 7.47. The van der Waals surface area contributed by atoms with Crippen LogP contribution in [0.25, 0.3) is 0 Å². The fourth-order valence-corrected chi connectivity index (χ4v) is 2.36. The molecule has 5 heteroatoms. The Morgan fingerprint density at radius 1 is 1.19 bits per heavy atom. The van der Waals surface area contributed by atoms with Crippen LogP contribution in [0, 0.1) is 6.92 Å². The second kappa shape index (κ2) is 7.38. The molecular formula is C16H20ClN3O. The summed E-state index contributed by atoms with van der Waals surface area (Å²) in [4.78, 5) is 10.9. The maximum absolute atomic E-state index is 6.12. The van der Waals surface area contributed by atoms with Crippen molar-refractivity contribution in [3.63, 3.8) is 0 Å². The fourth-order valence-electron chi connectivity index (χ4n) is 2.17. The van der Waals surface area contributed by atoms with Gasteiger partial charge < -0.3 is 9.64 Å². The lowest BCUT2D eigenvalue weighted by atomic mass is 10.2. The summed E-state index contributed by atoms with van der Waals surface area (Å²) in [5.74, 6) is 1.40. The molecule has 1 aromatic carbocycles. The standard InChI is InChI=1S/C16H20ClN3O/c1-4-20(13-9-7-6-8-12(13)3)16-10-14(17)18-15(19-16)11-21-5-2/h6-10H,4-5,11H2,1-3H3. The summed E-state index contributed by atoms with van der Waals surface area (Å²) in [5, 5.41) is 0.432. The van der Waals surface area contributed by atoms with E-state index in [1.165, 1.54) is 5.56 Å². The van der Waals surface area contributed by atoms with Crippen LogP contribution < -0.4 is 4.90 Å². The molecular weight excluding hydrogens is 286 g/mol. The monoisotopic (exact) mass is 305 g/mol. The smallest absolute Gasteiger partial charge is 0.158 e. The molecule has 0 saturated heterocycles. The Labute approximate surface area is 130 Å². The highest BCUT2D eigenvalue weighted by Crippen LogP contribution is 2.27. The van der Waals surface area contributed by atoms with Crippen molar-refractivity contribution >= 4 is 23.1 Å². The van der Waals surface area contributed by atoms with Gasteiger partial charge in [-0.05, 0) is 32.4 Å². The van der Waals surface area contributed by atoms with Crippen LogP contribution >= 0.6 is 11.6 Å². The van der Waals surface area contributed by atoms with Gasteiger partial charge in [0.15, 0.2) is 5.82 Å². The van der Waals surface area contributed by atoms with Gasteiger partial charge in [0.2, 0.25) is 0 Å². The molecule has 4 nitrogen and oxygen atoms in total. The van der Waals surface area contributed by atoms with Crippen molar-refractivity contribution in [2.45, 2.75) is 27.4 Å². The van der Waals surface area contributed by atoms with Crippen LogP contribution in [0.5, 0.6) is 0 Å². The second-order valence-electron chi connectivity index (χ2n) is 4.63. The third-order valence-corrected chi connectivity index (χ3v) is 3.36. The summed E-state index contributed by atoms with van der Waals surface area (Å²) >= 11 is 6.12. The molecule has 0 aliphatic carbocycles. The number of hydrogen-bond donors (Lipinski definition) is 0. The van der Waals surface area contributed by atoms with Crippen molar-refractivity contribution in [3.8, 4) is 0 Å². The Morgan fingerprint density at radius 2 is 1.95 bits per heavy atom. The van der Waals surface area contributed by atoms with Crippen molar-refractivity contribution in [1.82, 2.24) is 9.97 Å². The van der Waals surface area contributed by atoms with E-state index in [1.807, 2.05) is 19.1 Å². The molecule has 0 spiro atoms. The van der Waals surface area contributed by atoms with Crippen molar-refractivity contribution in [3.05, 3.63) is 46.9 Å². The van der Waals surface area contributed by atoms with Gasteiger partial charge in [-0.25, -0.2) is 9.97 Å². The molecule has 0 N–H and O–H groups in total. The summed E-state index contributed by atoms with van der Waals surface area (Å²) in [6, 6.07) is 10.0. The quantitative estimate of drug-likeness (QED) is 0.752. The summed E-state index contributed by atoms with van der Waals surface area (Å²) in [5.41, 5.74) is 2.32. The Hall–Kier alpha value is -1.65. The van der Waals surface area contributed by atoms with E-state index in [1.54, 1.807) is 6.07 Å². The highest BCUT2D eigenvalue weighted by atomic mass is 35.5. The zero-order valence-electron chi connectivity index (χ0n) is 12.6. The third kappa shape index (κ3) is 3.93. The Bertz CT molecular complexity index is 604. The summed E-state index contributed by atoms with van der Waals surface area (Å²) in [7, 11) is 0. The van der Waals surface area contributed by atoms with Crippen LogP contribution in [0.2, 0.25) is 5.15 Å². The number of aromatic nitrogens is 2. The van der Waals surface area contributed by atoms with Crippen molar-refractivity contribution in [1.29, 1.82) is 0 Å². The number of anilines is 2. The molecule has 0 fully saturated rings. The zero-order valence-corrected chi connectivity index (χ0v) is 13.4. The van der Waals surface area contributed by atoms with Crippen LogP contribution in [-0.4, -0.2) is 23.1 Å². The van der Waals surface area contributed by atoms with Crippen LogP contribution in [0.4, 0.5) is 11.5 Å². The first kappa shape index (κ1) is 15.7. The molecule has 0 aliphatic heterocycles. The van der Waals surface area contributed by atoms with E-state index in [0.29, 0.717) is 24.2 Å². The lowest BCUT2D eigenvalue weighted by molar-refractivity contribution is 0.128. The largest absolute Gasteiger partial charge is 0.374 e. The summed E-state index contributed by atoms with van der Waals surface area (Å²) < 4.78 is 5.37. The Morgan fingerprint density at radius 3 is 2.62 bits per heavy atom. The molecule has 0 unspecified atom stereocenters. The van der Waals surface area contributed by atoms with E-state index in [-0.39, 0.29) is 0 Å². The number of rotatable bonds is 6. The van der Waals surface area contributed by atoms with E-state index in [0.717, 1.165) is 18.1 Å². The zero-order chi connectivity index (χ0) is 15.2. The number of ether oxygens (including phenoxy) is 1. The van der Waals surface area contributed by atoms with Gasteiger partial charge in [-0.2, -0.15) is 0 Å². The average molecular weight is 306 g/mol. The second-order valence-corrected chi connectivity index (χ2v) is 5.02. The Kier molecular flexibility index (Phi) is 5.53. The van der Waals surface area contributed by atoms with Crippen LogP contribution in [-0.2, 0) is 11.3 Å². The average Bonchev–Trinajstić information content (AvgIpc) is 2.47. The molecule has 2 aromatic rings. The van der Waals surface area contributed by atoms with Crippen LogP contribution in [0.3, 0.4) is 0 Å². The first-order chi connectivity index (χ1) is 10.2. The predicted octanol–water partition coefficient (Wildman–Crippen LogP) is 4.13. The number of aryl methyl sites for hydroxylation is 1. The molecule has 0 amide bonds. The first-order valence-electron chi connectivity index (χ1n) is 7.10. The highest BCUT2D eigenvalue weighted by Gasteiger charge is 2.13. The molecule has 0 radical (unpaired) electrons. The molecule has 0 saturated carbocycles. The number of hydrogen-bond acceptors (Lipinski definition) is 4. The minimum absolute atomic E-state index is 0.370. The van der Waals surface area contributed by atoms with E-state index in [4.69, 9.17) is 16.3 Å². The van der Waals surface area contributed by atoms with Gasteiger partial charge in [-0.15, -0.1) is 0 Å². The molecule has 1 heterocycles. The van der Waals surface area contributed by atoms with Crippen molar-refractivity contribution in [2.24, 2.45) is 0 Å². The molecule has 2 rings (SSSR count). The SMILES string of the molecule is CCOCc1nc(Cl)cc(N(CC)c2ccccc2C)n1. The molecule has 0 atom stereocenters. The number of para-hydroxylation sites is 1. The number of benzene rings is 1. The molecule has 0 aliphatic rings. The highest BCUT2D eigenvalue weighted by molar-refractivity contribution is 6.29. The van der Waals surface area contributed by atoms with Gasteiger partial charge in [0, 0.05) is 24.9 Å². The lowest BCUT2D eigenvalue weighted by Gasteiger charge is -2.24. The van der Waals surface area contributed by atoms with E-state index < -0.39 is 0 Å². The Balaban J connectivity index is 2.38. The van der Waals surface area contributed by atoms with Gasteiger partial charge in [-0.3, -0.25) is 0 Å². The third-order valence-electron chi connectivity index (χ3n) is 3.16. The van der Waals surface area contributed by atoms with Crippen LogP contribution in [0.15, 0.2) is 30.3 Å². The maximum Gasteiger partial charge on any atom is 0.158 e. The van der Waals surface area contributed by atoms with Gasteiger partial charge in [0.25, 0.3) is 0 Å². The molecule has 1 aromatic heterocycles. The molecule has 21 heavy (non-hydrogen) atoms. The van der Waals surface area contributed by atoms with Gasteiger partial charge in [0.05, 0.1) is 0 Å². The fraction of sp³-hybridized carbons (Fsp3) is 0.375. The summed E-state index contributed by atoms with van der Waals surface area (Å²) in [6.07, 6.45) is 0. The number of halogens is 1. The molecule has 0 bridgehead atoms. The maximum atomic E-state index is 6.12. The van der Waals surface area contributed by atoms with Gasteiger partial charge in [0.1, 0.15) is 17.6 Å².